The highest BCUT2D eigenvalue weighted by Gasteiger charge is 2.76. The molecule has 4 fully saturated rings. The fraction of sp³-hybridized carbons (Fsp3) is 0.486. The molecule has 9 atom stereocenters. The van der Waals surface area contributed by atoms with Gasteiger partial charge in [-0.2, -0.15) is 0 Å². The topological polar surface area (TPSA) is 128 Å². The maximum atomic E-state index is 16.1. The Morgan fingerprint density at radius 3 is 2.80 bits per heavy atom. The van der Waals surface area contributed by atoms with Crippen molar-refractivity contribution in [1.29, 1.82) is 0 Å². The smallest absolute Gasteiger partial charge is 0.193 e. The lowest BCUT2D eigenvalue weighted by molar-refractivity contribution is -0.201. The summed E-state index contributed by atoms with van der Waals surface area (Å²) in [5.41, 5.74) is 5.05. The number of benzene rings is 2. The van der Waals surface area contributed by atoms with Gasteiger partial charge in [-0.15, -0.1) is 0 Å². The summed E-state index contributed by atoms with van der Waals surface area (Å²) in [5, 5.41) is 22.1. The zero-order chi connectivity index (χ0) is 31.9. The highest BCUT2D eigenvalue weighted by atomic mass is 35.5. The van der Waals surface area contributed by atoms with Crippen LogP contribution >= 0.6 is 11.6 Å². The fourth-order valence-electron chi connectivity index (χ4n) is 9.54. The Labute approximate surface area is 266 Å². The average Bonchev–Trinajstić information content (AvgIpc) is 3.49. The number of anilines is 1. The molecule has 0 amide bonds. The van der Waals surface area contributed by atoms with Gasteiger partial charge in [-0.05, 0) is 79.5 Å². The summed E-state index contributed by atoms with van der Waals surface area (Å²) < 4.78 is 34.8. The van der Waals surface area contributed by atoms with Crippen molar-refractivity contribution in [3.05, 3.63) is 82.2 Å². The quantitative estimate of drug-likeness (QED) is 0.367. The van der Waals surface area contributed by atoms with Gasteiger partial charge in [-0.25, -0.2) is 4.39 Å². The molecule has 8 nitrogen and oxygen atoms in total. The molecule has 45 heavy (non-hydrogen) atoms. The first-order chi connectivity index (χ1) is 21.4. The number of ether oxygens (including phenoxy) is 3. The Kier molecular flexibility index (Phi) is 7.30. The van der Waals surface area contributed by atoms with Crippen LogP contribution in [-0.4, -0.2) is 46.2 Å². The van der Waals surface area contributed by atoms with Crippen LogP contribution in [0.25, 0.3) is 0 Å². The molecule has 1 heterocycles. The molecule has 5 aliphatic rings. The van der Waals surface area contributed by atoms with Crippen molar-refractivity contribution in [2.75, 3.05) is 12.3 Å². The number of aliphatic hydroxyl groups is 2. The number of nitrogens with two attached hydrogens (primary N) is 1. The molecular weight excluding hydrogens is 601 g/mol. The average molecular weight is 638 g/mol. The van der Waals surface area contributed by atoms with E-state index in [4.69, 9.17) is 31.5 Å². The molecule has 238 valence electrons. The molecule has 0 bridgehead atoms. The third-order valence-corrected chi connectivity index (χ3v) is 11.8. The third kappa shape index (κ3) is 4.38. The molecule has 3 saturated carbocycles. The standard InChI is InChI=1S/C35H37ClFNO7/c1-33-11-10-21(40)13-19(33)6-7-22-23-14-28-35(27(42)16-39,34(23,2)15-25(41)30(22)33)45-32(44-28)29-24(36)8-9-26(31(29)37)43-17-18-4-3-5-20(38)12-18/h3-5,8-13,22-23,25,28,30,32,39,41H,6-7,14-17,38H2,1-2H3/t22-,23-,25-,28+,30+,32-,33-,34-,35+/m0/s1. The van der Waals surface area contributed by atoms with E-state index in [1.807, 2.05) is 19.1 Å². The summed E-state index contributed by atoms with van der Waals surface area (Å²) in [6.45, 7) is 3.26. The van der Waals surface area contributed by atoms with Crippen molar-refractivity contribution in [1.82, 2.24) is 0 Å². The van der Waals surface area contributed by atoms with E-state index in [1.165, 1.54) is 12.1 Å². The first kappa shape index (κ1) is 30.6. The minimum Gasteiger partial charge on any atom is -0.486 e. The molecule has 0 aromatic heterocycles. The Morgan fingerprint density at radius 1 is 1.24 bits per heavy atom. The van der Waals surface area contributed by atoms with E-state index < -0.39 is 53.1 Å². The molecule has 4 N–H and O–H groups in total. The second-order valence-corrected chi connectivity index (χ2v) is 14.1. The van der Waals surface area contributed by atoms with E-state index in [-0.39, 0.29) is 52.9 Å². The second kappa shape index (κ2) is 10.7. The number of allylic oxidation sites excluding steroid dienone is 4. The van der Waals surface area contributed by atoms with Crippen molar-refractivity contribution in [2.24, 2.45) is 28.6 Å². The lowest BCUT2D eigenvalue weighted by Gasteiger charge is -2.59. The van der Waals surface area contributed by atoms with Crippen LogP contribution in [0.5, 0.6) is 5.75 Å². The van der Waals surface area contributed by atoms with Gasteiger partial charge in [0.25, 0.3) is 0 Å². The number of aliphatic hydroxyl groups excluding tert-OH is 2. The van der Waals surface area contributed by atoms with Crippen LogP contribution in [0.15, 0.2) is 60.2 Å². The maximum absolute atomic E-state index is 16.1. The number of Topliss-reactive ketones (excluding diaryl/α,β-unsaturated/α-hetero) is 1. The van der Waals surface area contributed by atoms with Gasteiger partial charge in [0.05, 0.1) is 22.8 Å². The first-order valence-corrected chi connectivity index (χ1v) is 15.9. The molecule has 7 rings (SSSR count). The highest BCUT2D eigenvalue weighted by Crippen LogP contribution is 2.70. The number of carbonyl (C=O) groups excluding carboxylic acids is 2. The molecule has 1 saturated heterocycles. The van der Waals surface area contributed by atoms with Crippen LogP contribution in [-0.2, 0) is 25.7 Å². The number of fused-ring (bicyclic) bond motifs is 7. The van der Waals surface area contributed by atoms with Crippen LogP contribution in [0.4, 0.5) is 10.1 Å². The van der Waals surface area contributed by atoms with Crippen molar-refractivity contribution in [3.63, 3.8) is 0 Å². The second-order valence-electron chi connectivity index (χ2n) is 13.6. The monoisotopic (exact) mass is 637 g/mol. The predicted molar refractivity (Wildman–Crippen MR) is 164 cm³/mol. The number of carbonyl (C=O) groups is 2. The summed E-state index contributed by atoms with van der Waals surface area (Å²) >= 11 is 6.53. The van der Waals surface area contributed by atoms with Crippen molar-refractivity contribution >= 4 is 28.9 Å². The molecule has 4 aliphatic carbocycles. The number of hydrogen-bond donors (Lipinski definition) is 3. The van der Waals surface area contributed by atoms with Gasteiger partial charge in [0, 0.05) is 22.4 Å². The summed E-state index contributed by atoms with van der Waals surface area (Å²) in [4.78, 5) is 26.0. The number of nitrogen functional groups attached to an aromatic ring is 1. The molecular formula is C35H37ClFNO7. The number of rotatable bonds is 6. The predicted octanol–water partition coefficient (Wildman–Crippen LogP) is 5.24. The molecule has 2 aromatic carbocycles. The van der Waals surface area contributed by atoms with Gasteiger partial charge in [0.1, 0.15) is 13.2 Å². The van der Waals surface area contributed by atoms with Crippen LogP contribution in [0.3, 0.4) is 0 Å². The van der Waals surface area contributed by atoms with E-state index in [0.717, 1.165) is 17.6 Å². The zero-order valence-corrected chi connectivity index (χ0v) is 25.9. The first-order valence-electron chi connectivity index (χ1n) is 15.5. The van der Waals surface area contributed by atoms with E-state index in [1.54, 1.807) is 30.4 Å². The van der Waals surface area contributed by atoms with E-state index >= 15 is 4.39 Å². The number of halogens is 2. The molecule has 0 radical (unpaired) electrons. The Morgan fingerprint density at radius 2 is 2.04 bits per heavy atom. The minimum absolute atomic E-state index is 0.00226. The van der Waals surface area contributed by atoms with Gasteiger partial charge >= 0.3 is 0 Å². The normalized spacial score (nSPS) is 38.2. The van der Waals surface area contributed by atoms with Gasteiger partial charge in [-0.1, -0.05) is 49.2 Å². The Bertz CT molecular complexity index is 1640. The molecule has 0 unspecified atom stereocenters. The maximum Gasteiger partial charge on any atom is 0.193 e. The third-order valence-electron chi connectivity index (χ3n) is 11.5. The Hall–Kier alpha value is -3.08. The number of ketones is 2. The van der Waals surface area contributed by atoms with E-state index in [0.29, 0.717) is 18.5 Å². The summed E-state index contributed by atoms with van der Waals surface area (Å²) in [7, 11) is 0. The SMILES string of the molecule is C[C@]12C=CC(=O)C=C1CC[C@@H]1[C@@H]2[C@@H](O)C[C@@]2(C)[C@H]1C[C@H]1O[C@H](c3c(Cl)ccc(OCc4cccc(N)c4)c3F)O[C@]12C(=O)CO. The summed E-state index contributed by atoms with van der Waals surface area (Å²) in [6, 6.07) is 9.99. The van der Waals surface area contributed by atoms with E-state index in [2.05, 4.69) is 6.92 Å². The largest absolute Gasteiger partial charge is 0.486 e. The molecule has 10 heteroatoms. The van der Waals surface area contributed by atoms with Gasteiger partial charge < -0.3 is 30.2 Å². The van der Waals surface area contributed by atoms with Crippen molar-refractivity contribution < 1.29 is 38.4 Å². The minimum atomic E-state index is -1.63. The van der Waals surface area contributed by atoms with Gasteiger partial charge in [0.15, 0.2) is 35.0 Å². The Balaban J connectivity index is 1.21. The van der Waals surface area contributed by atoms with Crippen molar-refractivity contribution in [3.8, 4) is 5.75 Å². The molecule has 1 aliphatic heterocycles. The van der Waals surface area contributed by atoms with Gasteiger partial charge in [0.2, 0.25) is 0 Å². The van der Waals surface area contributed by atoms with Crippen LogP contribution in [0, 0.1) is 34.4 Å². The lowest BCUT2D eigenvalue weighted by Crippen LogP contribution is -2.63. The fourth-order valence-corrected chi connectivity index (χ4v) is 9.77. The van der Waals surface area contributed by atoms with Crippen LogP contribution in [0.1, 0.15) is 56.9 Å². The van der Waals surface area contributed by atoms with E-state index in [9.17, 15) is 19.8 Å². The van der Waals surface area contributed by atoms with Crippen molar-refractivity contribution in [2.45, 2.75) is 70.2 Å². The number of hydrogen-bond acceptors (Lipinski definition) is 8. The van der Waals surface area contributed by atoms with Crippen LogP contribution in [0.2, 0.25) is 5.02 Å². The zero-order valence-electron chi connectivity index (χ0n) is 25.2. The van der Waals surface area contributed by atoms with Gasteiger partial charge in [-0.3, -0.25) is 9.59 Å². The lowest BCUT2D eigenvalue weighted by atomic mass is 9.46. The summed E-state index contributed by atoms with van der Waals surface area (Å²) in [5.74, 6) is -1.71. The summed E-state index contributed by atoms with van der Waals surface area (Å²) in [6.07, 6.45) is 4.30. The molecule has 0 spiro atoms. The molecule has 2 aromatic rings. The highest BCUT2D eigenvalue weighted by molar-refractivity contribution is 6.31. The van der Waals surface area contributed by atoms with Crippen LogP contribution < -0.4 is 10.5 Å².